The average molecular weight is 307 g/mol. The minimum Gasteiger partial charge on any atom is -0.385 e. The van der Waals surface area contributed by atoms with Crippen LogP contribution in [0.4, 0.5) is 15.8 Å². The van der Waals surface area contributed by atoms with E-state index in [1.165, 1.54) is 12.1 Å². The van der Waals surface area contributed by atoms with E-state index < -0.39 is 0 Å². The Labute approximate surface area is 128 Å². The molecular formula is C16H16ClFN2O. The zero-order chi connectivity index (χ0) is 15.2. The first kappa shape index (κ1) is 15.3. The third kappa shape index (κ3) is 4.46. The molecule has 0 heterocycles. The molecule has 0 atom stereocenters. The topological polar surface area (TPSA) is 41.1 Å². The fraction of sp³-hybridized carbons (Fsp3) is 0.188. The molecule has 2 aromatic rings. The number of hydrogen-bond donors (Lipinski definition) is 2. The van der Waals surface area contributed by atoms with Crippen LogP contribution in [0.5, 0.6) is 0 Å². The van der Waals surface area contributed by atoms with Crippen LogP contribution in [0.2, 0.25) is 5.02 Å². The van der Waals surface area contributed by atoms with Crippen LogP contribution in [0.3, 0.4) is 0 Å². The highest BCUT2D eigenvalue weighted by molar-refractivity contribution is 6.31. The van der Waals surface area contributed by atoms with Gasteiger partial charge in [-0.15, -0.1) is 0 Å². The zero-order valence-electron chi connectivity index (χ0n) is 11.6. The minimum absolute atomic E-state index is 0.102. The molecule has 0 aromatic heterocycles. The molecule has 0 radical (unpaired) electrons. The van der Waals surface area contributed by atoms with Gasteiger partial charge in [-0.05, 0) is 48.9 Å². The lowest BCUT2D eigenvalue weighted by Gasteiger charge is -2.10. The molecule has 0 unspecified atom stereocenters. The van der Waals surface area contributed by atoms with E-state index >= 15 is 0 Å². The lowest BCUT2D eigenvalue weighted by atomic mass is 10.2. The molecule has 0 bridgehead atoms. The van der Waals surface area contributed by atoms with Crippen LogP contribution in [0.1, 0.15) is 12.0 Å². The SMILES string of the molecule is Cc1c(Cl)cccc1NC(=O)CCNc1ccc(F)cc1. The summed E-state index contributed by atoms with van der Waals surface area (Å²) in [6.07, 6.45) is 0.309. The van der Waals surface area contributed by atoms with Gasteiger partial charge in [-0.3, -0.25) is 4.79 Å². The Hall–Kier alpha value is -2.07. The summed E-state index contributed by atoms with van der Waals surface area (Å²) in [4.78, 5) is 11.9. The standard InChI is InChI=1S/C16H16ClFN2O/c1-11-14(17)3-2-4-15(11)20-16(21)9-10-19-13-7-5-12(18)6-8-13/h2-8,19H,9-10H2,1H3,(H,20,21). The van der Waals surface area contributed by atoms with Crippen LogP contribution < -0.4 is 10.6 Å². The number of carbonyl (C=O) groups excluding carboxylic acids is 1. The van der Waals surface area contributed by atoms with E-state index in [9.17, 15) is 9.18 Å². The summed E-state index contributed by atoms with van der Waals surface area (Å²) in [6.45, 7) is 2.33. The van der Waals surface area contributed by atoms with Crippen molar-refractivity contribution in [1.82, 2.24) is 0 Å². The Balaban J connectivity index is 1.82. The van der Waals surface area contributed by atoms with Crippen LogP contribution in [0, 0.1) is 12.7 Å². The lowest BCUT2D eigenvalue weighted by molar-refractivity contribution is -0.115. The van der Waals surface area contributed by atoms with Crippen LogP contribution in [0.15, 0.2) is 42.5 Å². The van der Waals surface area contributed by atoms with Gasteiger partial charge in [0.1, 0.15) is 5.82 Å². The van der Waals surface area contributed by atoms with Gasteiger partial charge in [-0.1, -0.05) is 17.7 Å². The molecule has 5 heteroatoms. The lowest BCUT2D eigenvalue weighted by Crippen LogP contribution is -2.16. The molecule has 3 nitrogen and oxygen atoms in total. The number of benzene rings is 2. The van der Waals surface area contributed by atoms with Gasteiger partial charge in [0.25, 0.3) is 0 Å². The number of nitrogens with one attached hydrogen (secondary N) is 2. The predicted octanol–water partition coefficient (Wildman–Crippen LogP) is 4.23. The van der Waals surface area contributed by atoms with Gasteiger partial charge in [-0.2, -0.15) is 0 Å². The highest BCUT2D eigenvalue weighted by Gasteiger charge is 2.06. The first-order valence-electron chi connectivity index (χ1n) is 6.60. The number of hydrogen-bond acceptors (Lipinski definition) is 2. The number of carbonyl (C=O) groups is 1. The Morgan fingerprint density at radius 2 is 1.90 bits per heavy atom. The summed E-state index contributed by atoms with van der Waals surface area (Å²) < 4.78 is 12.7. The van der Waals surface area contributed by atoms with Crippen LogP contribution in [0.25, 0.3) is 0 Å². The maximum absolute atomic E-state index is 12.7. The zero-order valence-corrected chi connectivity index (χ0v) is 12.4. The maximum Gasteiger partial charge on any atom is 0.226 e. The van der Waals surface area contributed by atoms with Crippen molar-refractivity contribution in [3.8, 4) is 0 Å². The molecule has 2 N–H and O–H groups in total. The van der Waals surface area contributed by atoms with Crippen molar-refractivity contribution in [1.29, 1.82) is 0 Å². The summed E-state index contributed by atoms with van der Waals surface area (Å²) in [7, 11) is 0. The summed E-state index contributed by atoms with van der Waals surface area (Å²) in [6, 6.07) is 11.4. The van der Waals surface area contributed by atoms with Gasteiger partial charge < -0.3 is 10.6 Å². The van der Waals surface area contributed by atoms with E-state index in [1.54, 1.807) is 24.3 Å². The number of anilines is 2. The molecule has 2 aromatic carbocycles. The first-order valence-corrected chi connectivity index (χ1v) is 6.98. The van der Waals surface area contributed by atoms with Crippen molar-refractivity contribution < 1.29 is 9.18 Å². The molecule has 110 valence electrons. The van der Waals surface area contributed by atoms with Crippen LogP contribution >= 0.6 is 11.6 Å². The third-order valence-electron chi connectivity index (χ3n) is 3.07. The molecule has 21 heavy (non-hydrogen) atoms. The van der Waals surface area contributed by atoms with Gasteiger partial charge in [-0.25, -0.2) is 4.39 Å². The molecule has 1 amide bonds. The van der Waals surface area contributed by atoms with Crippen molar-refractivity contribution in [2.45, 2.75) is 13.3 Å². The highest BCUT2D eigenvalue weighted by atomic mass is 35.5. The van der Waals surface area contributed by atoms with Crippen molar-refractivity contribution in [3.05, 3.63) is 58.9 Å². The quantitative estimate of drug-likeness (QED) is 0.868. The van der Waals surface area contributed by atoms with E-state index in [0.717, 1.165) is 11.3 Å². The van der Waals surface area contributed by atoms with Crippen molar-refractivity contribution in [3.63, 3.8) is 0 Å². The van der Waals surface area contributed by atoms with E-state index in [1.807, 2.05) is 13.0 Å². The fourth-order valence-corrected chi connectivity index (χ4v) is 2.02. The van der Waals surface area contributed by atoms with Gasteiger partial charge in [0.15, 0.2) is 0 Å². The van der Waals surface area contributed by atoms with Crippen LogP contribution in [-0.2, 0) is 4.79 Å². The molecule has 0 aliphatic rings. The van der Waals surface area contributed by atoms with Crippen molar-refractivity contribution in [2.75, 3.05) is 17.2 Å². The molecule has 0 spiro atoms. The number of halogens is 2. The van der Waals surface area contributed by atoms with E-state index in [2.05, 4.69) is 10.6 Å². The smallest absolute Gasteiger partial charge is 0.226 e. The highest BCUT2D eigenvalue weighted by Crippen LogP contribution is 2.22. The first-order chi connectivity index (χ1) is 10.1. The minimum atomic E-state index is -0.283. The largest absolute Gasteiger partial charge is 0.385 e. The number of amides is 1. The van der Waals surface area contributed by atoms with Crippen LogP contribution in [-0.4, -0.2) is 12.5 Å². The van der Waals surface area contributed by atoms with E-state index in [4.69, 9.17) is 11.6 Å². The number of rotatable bonds is 5. The van der Waals surface area contributed by atoms with Gasteiger partial charge in [0.2, 0.25) is 5.91 Å². The summed E-state index contributed by atoms with van der Waals surface area (Å²) >= 11 is 6.00. The van der Waals surface area contributed by atoms with E-state index in [0.29, 0.717) is 23.7 Å². The Kier molecular flexibility index (Phi) is 5.17. The Morgan fingerprint density at radius 3 is 2.62 bits per heavy atom. The normalized spacial score (nSPS) is 10.2. The second kappa shape index (κ2) is 7.09. The molecule has 0 aliphatic carbocycles. The molecule has 0 saturated heterocycles. The predicted molar refractivity (Wildman–Crippen MR) is 84.3 cm³/mol. The maximum atomic E-state index is 12.7. The van der Waals surface area contributed by atoms with Crippen molar-refractivity contribution >= 4 is 28.9 Å². The Morgan fingerprint density at radius 1 is 1.19 bits per heavy atom. The molecule has 0 fully saturated rings. The third-order valence-corrected chi connectivity index (χ3v) is 3.48. The molecule has 0 saturated carbocycles. The Bertz CT molecular complexity index is 629. The average Bonchev–Trinajstić information content (AvgIpc) is 2.46. The monoisotopic (exact) mass is 306 g/mol. The second-order valence-electron chi connectivity index (χ2n) is 4.64. The molecule has 2 rings (SSSR count). The fourth-order valence-electron chi connectivity index (χ4n) is 1.84. The summed E-state index contributed by atoms with van der Waals surface area (Å²) in [5, 5.41) is 6.51. The van der Waals surface area contributed by atoms with Gasteiger partial charge >= 0.3 is 0 Å². The summed E-state index contributed by atoms with van der Waals surface area (Å²) in [5.74, 6) is -0.385. The second-order valence-corrected chi connectivity index (χ2v) is 5.05. The molecule has 0 aliphatic heterocycles. The van der Waals surface area contributed by atoms with Crippen molar-refractivity contribution in [2.24, 2.45) is 0 Å². The summed E-state index contributed by atoms with van der Waals surface area (Å²) in [5.41, 5.74) is 2.34. The molecular weight excluding hydrogens is 291 g/mol. The van der Waals surface area contributed by atoms with Gasteiger partial charge in [0, 0.05) is 29.4 Å². The van der Waals surface area contributed by atoms with E-state index in [-0.39, 0.29) is 11.7 Å². The van der Waals surface area contributed by atoms with Gasteiger partial charge in [0.05, 0.1) is 0 Å².